The Morgan fingerprint density at radius 2 is 1.70 bits per heavy atom. The fraction of sp³-hybridized carbons (Fsp3) is 0.0952. The molecule has 0 aromatic heterocycles. The zero-order valence-electron chi connectivity index (χ0n) is 14.7. The van der Waals surface area contributed by atoms with Gasteiger partial charge in [0, 0.05) is 11.1 Å². The van der Waals surface area contributed by atoms with Crippen molar-refractivity contribution in [1.82, 2.24) is 5.43 Å². The van der Waals surface area contributed by atoms with Crippen LogP contribution in [-0.2, 0) is 4.79 Å². The normalized spacial score (nSPS) is 12.2. The van der Waals surface area contributed by atoms with E-state index < -0.39 is 5.92 Å². The van der Waals surface area contributed by atoms with E-state index in [9.17, 15) is 14.7 Å². The van der Waals surface area contributed by atoms with Gasteiger partial charge in [-0.25, -0.2) is 5.43 Å². The number of primary amides is 1. The van der Waals surface area contributed by atoms with E-state index in [4.69, 9.17) is 5.73 Å². The van der Waals surface area contributed by atoms with Crippen molar-refractivity contribution in [3.05, 3.63) is 77.4 Å². The number of aromatic hydroxyl groups is 1. The van der Waals surface area contributed by atoms with Crippen LogP contribution in [0.5, 0.6) is 5.75 Å². The number of nitrogens with two attached hydrogens (primary N) is 1. The van der Waals surface area contributed by atoms with Gasteiger partial charge in [0.1, 0.15) is 5.75 Å². The second-order valence-corrected chi connectivity index (χ2v) is 6.16. The zero-order chi connectivity index (χ0) is 19.4. The van der Waals surface area contributed by atoms with E-state index in [-0.39, 0.29) is 17.6 Å². The van der Waals surface area contributed by atoms with Crippen molar-refractivity contribution in [1.29, 1.82) is 0 Å². The monoisotopic (exact) mass is 361 g/mol. The molecule has 0 saturated heterocycles. The largest absolute Gasteiger partial charge is 0.508 e. The van der Waals surface area contributed by atoms with Crippen molar-refractivity contribution < 1.29 is 14.7 Å². The Bertz CT molecular complexity index is 1030. The number of rotatable bonds is 5. The molecule has 0 aliphatic carbocycles. The lowest BCUT2D eigenvalue weighted by molar-refractivity contribution is -0.119. The highest BCUT2D eigenvalue weighted by Gasteiger charge is 2.15. The van der Waals surface area contributed by atoms with Crippen LogP contribution in [0.2, 0.25) is 0 Å². The molecule has 1 atom stereocenters. The minimum absolute atomic E-state index is 0.0896. The third kappa shape index (κ3) is 3.95. The molecule has 0 radical (unpaired) electrons. The molecular formula is C21H19N3O3. The molecule has 3 rings (SSSR count). The average molecular weight is 361 g/mol. The summed E-state index contributed by atoms with van der Waals surface area (Å²) in [7, 11) is 0. The van der Waals surface area contributed by atoms with E-state index >= 15 is 0 Å². The summed E-state index contributed by atoms with van der Waals surface area (Å²) in [6.45, 7) is 1.77. The van der Waals surface area contributed by atoms with Crippen molar-refractivity contribution in [2.24, 2.45) is 10.8 Å². The van der Waals surface area contributed by atoms with Gasteiger partial charge in [-0.15, -0.1) is 0 Å². The van der Waals surface area contributed by atoms with Crippen LogP contribution in [0.25, 0.3) is 10.8 Å². The molecule has 0 saturated carbocycles. The Kier molecular flexibility index (Phi) is 5.17. The number of amides is 2. The highest BCUT2D eigenvalue weighted by Crippen LogP contribution is 2.27. The summed E-state index contributed by atoms with van der Waals surface area (Å²) in [5.41, 5.74) is 9.95. The minimum Gasteiger partial charge on any atom is -0.508 e. The number of carbonyl (C=O) groups excluding carboxylic acids is 2. The van der Waals surface area contributed by atoms with Crippen LogP contribution >= 0.6 is 0 Å². The molecule has 0 fully saturated rings. The van der Waals surface area contributed by atoms with E-state index in [0.717, 1.165) is 21.9 Å². The lowest BCUT2D eigenvalue weighted by Crippen LogP contribution is -2.19. The standard InChI is InChI=1S/C21H19N3O3/c1-13(20(22)26)17-11-8-15(18-4-2-3-5-19(17)18)12-23-24-21(27)14-6-9-16(25)10-7-14/h2-13,25H,1H3,(H2,22,26)(H,24,27). The number of fused-ring (bicyclic) bond motifs is 1. The highest BCUT2D eigenvalue weighted by atomic mass is 16.3. The molecule has 27 heavy (non-hydrogen) atoms. The summed E-state index contributed by atoms with van der Waals surface area (Å²) in [5.74, 6) is -1.08. The number of carbonyl (C=O) groups is 2. The van der Waals surface area contributed by atoms with Gasteiger partial charge in [0.2, 0.25) is 5.91 Å². The van der Waals surface area contributed by atoms with Crippen molar-refractivity contribution in [2.45, 2.75) is 12.8 Å². The van der Waals surface area contributed by atoms with Crippen LogP contribution in [-0.4, -0.2) is 23.1 Å². The Hall–Kier alpha value is -3.67. The van der Waals surface area contributed by atoms with Crippen LogP contribution in [0.4, 0.5) is 0 Å². The number of hydrazone groups is 1. The van der Waals surface area contributed by atoms with Gasteiger partial charge in [0.15, 0.2) is 0 Å². The third-order valence-electron chi connectivity index (χ3n) is 4.38. The van der Waals surface area contributed by atoms with Crippen molar-refractivity contribution >= 4 is 28.8 Å². The Morgan fingerprint density at radius 3 is 2.37 bits per heavy atom. The van der Waals surface area contributed by atoms with Crippen LogP contribution in [0, 0.1) is 0 Å². The number of phenols is 1. The van der Waals surface area contributed by atoms with Gasteiger partial charge in [-0.1, -0.05) is 36.4 Å². The van der Waals surface area contributed by atoms with Gasteiger partial charge < -0.3 is 10.8 Å². The number of nitrogens with zero attached hydrogens (tertiary/aromatic N) is 1. The molecule has 0 aliphatic heterocycles. The van der Waals surface area contributed by atoms with Crippen LogP contribution in [0.1, 0.15) is 34.3 Å². The fourth-order valence-electron chi connectivity index (χ4n) is 2.83. The zero-order valence-corrected chi connectivity index (χ0v) is 14.7. The molecule has 6 heteroatoms. The Morgan fingerprint density at radius 1 is 1.04 bits per heavy atom. The molecule has 3 aromatic carbocycles. The number of phenolic OH excluding ortho intramolecular Hbond substituents is 1. The molecule has 1 unspecified atom stereocenters. The lowest BCUT2D eigenvalue weighted by atomic mass is 9.92. The predicted octanol–water partition coefficient (Wildman–Crippen LogP) is 2.90. The molecule has 6 nitrogen and oxygen atoms in total. The SMILES string of the molecule is CC(C(N)=O)c1ccc(C=NNC(=O)c2ccc(O)cc2)c2ccccc12. The number of hydrogen-bond donors (Lipinski definition) is 3. The Labute approximate surface area is 156 Å². The van der Waals surface area contributed by atoms with E-state index in [0.29, 0.717) is 5.56 Å². The number of benzene rings is 3. The first-order valence-corrected chi connectivity index (χ1v) is 8.41. The molecular weight excluding hydrogens is 342 g/mol. The van der Waals surface area contributed by atoms with E-state index in [1.54, 1.807) is 13.1 Å². The van der Waals surface area contributed by atoms with Crippen molar-refractivity contribution in [3.63, 3.8) is 0 Å². The maximum absolute atomic E-state index is 12.1. The maximum atomic E-state index is 12.1. The first-order valence-electron chi connectivity index (χ1n) is 8.41. The van der Waals surface area contributed by atoms with Crippen LogP contribution < -0.4 is 11.2 Å². The topological polar surface area (TPSA) is 105 Å². The summed E-state index contributed by atoms with van der Waals surface area (Å²) < 4.78 is 0. The molecule has 3 aromatic rings. The van der Waals surface area contributed by atoms with Gasteiger partial charge in [-0.05, 0) is 47.5 Å². The third-order valence-corrected chi connectivity index (χ3v) is 4.38. The van der Waals surface area contributed by atoms with Gasteiger partial charge in [-0.2, -0.15) is 5.10 Å². The average Bonchev–Trinajstić information content (AvgIpc) is 2.68. The summed E-state index contributed by atoms with van der Waals surface area (Å²) >= 11 is 0. The van der Waals surface area contributed by atoms with Crippen LogP contribution in [0.15, 0.2) is 65.8 Å². The Balaban J connectivity index is 1.86. The first kappa shape index (κ1) is 18.1. The van der Waals surface area contributed by atoms with E-state index in [1.165, 1.54) is 24.3 Å². The second-order valence-electron chi connectivity index (χ2n) is 6.16. The quantitative estimate of drug-likeness (QED) is 0.481. The summed E-state index contributed by atoms with van der Waals surface area (Å²) in [5, 5.41) is 15.1. The second kappa shape index (κ2) is 7.70. The smallest absolute Gasteiger partial charge is 0.271 e. The van der Waals surface area contributed by atoms with Gasteiger partial charge in [0.25, 0.3) is 5.91 Å². The van der Waals surface area contributed by atoms with Crippen LogP contribution in [0.3, 0.4) is 0 Å². The fourth-order valence-corrected chi connectivity index (χ4v) is 2.83. The lowest BCUT2D eigenvalue weighted by Gasteiger charge is -2.13. The molecule has 0 bridgehead atoms. The molecule has 2 amide bonds. The predicted molar refractivity (Wildman–Crippen MR) is 105 cm³/mol. The molecule has 0 heterocycles. The molecule has 4 N–H and O–H groups in total. The number of nitrogens with one attached hydrogen (secondary N) is 1. The highest BCUT2D eigenvalue weighted by molar-refractivity contribution is 6.03. The van der Waals surface area contributed by atoms with E-state index in [2.05, 4.69) is 10.5 Å². The van der Waals surface area contributed by atoms with Gasteiger partial charge in [0.05, 0.1) is 12.1 Å². The van der Waals surface area contributed by atoms with Gasteiger partial charge >= 0.3 is 0 Å². The summed E-state index contributed by atoms with van der Waals surface area (Å²) in [6.07, 6.45) is 1.55. The number of hydrogen-bond acceptors (Lipinski definition) is 4. The van der Waals surface area contributed by atoms with E-state index in [1.807, 2.05) is 36.4 Å². The summed E-state index contributed by atoms with van der Waals surface area (Å²) in [6, 6.07) is 17.2. The first-order chi connectivity index (χ1) is 13.0. The molecule has 0 spiro atoms. The van der Waals surface area contributed by atoms with Crippen molar-refractivity contribution in [3.8, 4) is 5.75 Å². The van der Waals surface area contributed by atoms with Gasteiger partial charge in [-0.3, -0.25) is 9.59 Å². The summed E-state index contributed by atoms with van der Waals surface area (Å²) in [4.78, 5) is 23.6. The molecule has 0 aliphatic rings. The minimum atomic E-state index is -0.407. The maximum Gasteiger partial charge on any atom is 0.271 e. The van der Waals surface area contributed by atoms with Crippen molar-refractivity contribution in [2.75, 3.05) is 0 Å². The molecule has 136 valence electrons.